The number of para-hydroxylation sites is 1. The van der Waals surface area contributed by atoms with Crippen LogP contribution in [0.5, 0.6) is 11.5 Å². The summed E-state index contributed by atoms with van der Waals surface area (Å²) < 4.78 is 5.97. The minimum Gasteiger partial charge on any atom is -0.481 e. The van der Waals surface area contributed by atoms with E-state index in [1.54, 1.807) is 30.0 Å². The van der Waals surface area contributed by atoms with Gasteiger partial charge in [0.25, 0.3) is 0 Å². The Kier molecular flexibility index (Phi) is 8.90. The number of hydrogen-bond donors (Lipinski definition) is 1. The van der Waals surface area contributed by atoms with E-state index in [9.17, 15) is 9.59 Å². The maximum atomic E-state index is 12.5. The first-order chi connectivity index (χ1) is 14.9. The molecule has 0 saturated carbocycles. The number of amides is 1. The number of piperazine rings is 1. The molecule has 0 spiro atoms. The third-order valence-electron chi connectivity index (χ3n) is 4.94. The number of halogens is 2. The Morgan fingerprint density at radius 2 is 1.77 bits per heavy atom. The van der Waals surface area contributed by atoms with Crippen LogP contribution in [0.1, 0.15) is 12.0 Å². The van der Waals surface area contributed by atoms with Crippen LogP contribution >= 0.6 is 35.0 Å². The van der Waals surface area contributed by atoms with Crippen LogP contribution in [-0.2, 0) is 15.3 Å². The van der Waals surface area contributed by atoms with Gasteiger partial charge in [-0.2, -0.15) is 0 Å². The van der Waals surface area contributed by atoms with Gasteiger partial charge in [0.2, 0.25) is 5.91 Å². The number of carboxylic acid groups (broad SMARTS) is 1. The van der Waals surface area contributed by atoms with E-state index in [2.05, 4.69) is 4.90 Å². The van der Waals surface area contributed by atoms with Crippen LogP contribution in [0.4, 0.5) is 0 Å². The van der Waals surface area contributed by atoms with Crippen LogP contribution < -0.4 is 4.74 Å². The number of ether oxygens (including phenoxy) is 1. The van der Waals surface area contributed by atoms with Crippen LogP contribution in [0.2, 0.25) is 10.0 Å². The van der Waals surface area contributed by atoms with E-state index in [0.29, 0.717) is 65.8 Å². The molecule has 31 heavy (non-hydrogen) atoms. The first-order valence-corrected chi connectivity index (χ1v) is 11.8. The van der Waals surface area contributed by atoms with Gasteiger partial charge in [-0.15, -0.1) is 11.8 Å². The molecule has 1 aliphatic heterocycles. The Balaban J connectivity index is 1.47. The first-order valence-electron chi connectivity index (χ1n) is 9.93. The molecule has 0 radical (unpaired) electrons. The quantitative estimate of drug-likeness (QED) is 0.561. The Bertz CT molecular complexity index is 920. The highest BCUT2D eigenvalue weighted by atomic mass is 35.5. The summed E-state index contributed by atoms with van der Waals surface area (Å²) in [6.07, 6.45) is 0.132. The lowest BCUT2D eigenvalue weighted by molar-refractivity contribution is -0.138. The Morgan fingerprint density at radius 3 is 2.48 bits per heavy atom. The summed E-state index contributed by atoms with van der Waals surface area (Å²) in [4.78, 5) is 27.2. The number of benzene rings is 2. The molecular weight excluding hydrogens is 459 g/mol. The van der Waals surface area contributed by atoms with E-state index >= 15 is 0 Å². The number of nitrogens with zero attached hydrogens (tertiary/aromatic N) is 2. The summed E-state index contributed by atoms with van der Waals surface area (Å²) in [6, 6.07) is 12.8. The third kappa shape index (κ3) is 7.31. The topological polar surface area (TPSA) is 70.1 Å². The molecule has 0 atom stereocenters. The molecule has 6 nitrogen and oxygen atoms in total. The van der Waals surface area contributed by atoms with E-state index in [1.807, 2.05) is 29.2 Å². The summed E-state index contributed by atoms with van der Waals surface area (Å²) in [7, 11) is 0. The molecule has 0 unspecified atom stereocenters. The zero-order chi connectivity index (χ0) is 22.2. The molecule has 1 fully saturated rings. The van der Waals surface area contributed by atoms with Crippen molar-refractivity contribution in [2.45, 2.75) is 12.2 Å². The average molecular weight is 483 g/mol. The minimum absolute atomic E-state index is 0.103. The molecule has 1 saturated heterocycles. The van der Waals surface area contributed by atoms with Gasteiger partial charge in [0.1, 0.15) is 11.5 Å². The maximum absolute atomic E-state index is 12.5. The maximum Gasteiger partial charge on any atom is 0.304 e. The number of rotatable bonds is 9. The lowest BCUT2D eigenvalue weighted by atomic mass is 10.2. The van der Waals surface area contributed by atoms with Crippen molar-refractivity contribution in [2.75, 3.05) is 38.5 Å². The van der Waals surface area contributed by atoms with E-state index in [0.717, 1.165) is 5.56 Å². The van der Waals surface area contributed by atoms with Crippen LogP contribution in [-0.4, -0.2) is 65.3 Å². The van der Waals surface area contributed by atoms with E-state index in [-0.39, 0.29) is 12.3 Å². The smallest absolute Gasteiger partial charge is 0.304 e. The molecule has 1 N–H and O–H groups in total. The third-order valence-corrected chi connectivity index (χ3v) is 6.65. The van der Waals surface area contributed by atoms with E-state index in [4.69, 9.17) is 33.0 Å². The fourth-order valence-corrected chi connectivity index (χ4v) is 4.41. The summed E-state index contributed by atoms with van der Waals surface area (Å²) >= 11 is 13.6. The van der Waals surface area contributed by atoms with Crippen molar-refractivity contribution in [1.29, 1.82) is 0 Å². The van der Waals surface area contributed by atoms with Gasteiger partial charge in [-0.3, -0.25) is 14.5 Å². The lowest BCUT2D eigenvalue weighted by Gasteiger charge is -2.34. The van der Waals surface area contributed by atoms with Crippen molar-refractivity contribution in [3.63, 3.8) is 0 Å². The molecule has 3 rings (SSSR count). The predicted molar refractivity (Wildman–Crippen MR) is 124 cm³/mol. The second kappa shape index (κ2) is 11.6. The van der Waals surface area contributed by atoms with Crippen molar-refractivity contribution in [1.82, 2.24) is 9.80 Å². The Hall–Kier alpha value is -1.93. The van der Waals surface area contributed by atoms with Crippen molar-refractivity contribution in [3.05, 3.63) is 58.1 Å². The highest BCUT2D eigenvalue weighted by Gasteiger charge is 2.21. The van der Waals surface area contributed by atoms with Gasteiger partial charge in [-0.05, 0) is 18.2 Å². The molecule has 1 aliphatic rings. The summed E-state index contributed by atoms with van der Waals surface area (Å²) in [5.41, 5.74) is 0.991. The molecule has 0 aliphatic carbocycles. The predicted octanol–water partition coefficient (Wildman–Crippen LogP) is 4.64. The van der Waals surface area contributed by atoms with Gasteiger partial charge in [-0.1, -0.05) is 41.4 Å². The summed E-state index contributed by atoms with van der Waals surface area (Å²) in [5, 5.41) is 9.69. The van der Waals surface area contributed by atoms with Gasteiger partial charge in [0, 0.05) is 50.1 Å². The van der Waals surface area contributed by atoms with Crippen molar-refractivity contribution >= 4 is 46.8 Å². The minimum atomic E-state index is -0.793. The van der Waals surface area contributed by atoms with Crippen molar-refractivity contribution < 1.29 is 19.4 Å². The van der Waals surface area contributed by atoms with E-state index in [1.165, 1.54) is 0 Å². The lowest BCUT2D eigenvalue weighted by Crippen LogP contribution is -2.49. The van der Waals surface area contributed by atoms with Crippen LogP contribution in [0.15, 0.2) is 42.5 Å². The Morgan fingerprint density at radius 1 is 1.03 bits per heavy atom. The highest BCUT2D eigenvalue weighted by Crippen LogP contribution is 2.32. The fourth-order valence-electron chi connectivity index (χ4n) is 3.20. The van der Waals surface area contributed by atoms with Gasteiger partial charge in [-0.25, -0.2) is 0 Å². The van der Waals surface area contributed by atoms with Gasteiger partial charge in [0.05, 0.1) is 22.2 Å². The number of thioether (sulfide) groups is 1. The fraction of sp³-hybridized carbons (Fsp3) is 0.364. The number of carbonyl (C=O) groups excluding carboxylic acids is 1. The molecule has 166 valence electrons. The average Bonchev–Trinajstić information content (AvgIpc) is 2.76. The van der Waals surface area contributed by atoms with Gasteiger partial charge >= 0.3 is 5.97 Å². The summed E-state index contributed by atoms with van der Waals surface area (Å²) in [5.74, 6) is 1.65. The SMILES string of the molecule is O=C(O)CCN1CCN(C(=O)CSCc2ccccc2Oc2ccc(Cl)c(Cl)c2)CC1. The monoisotopic (exact) mass is 482 g/mol. The van der Waals surface area contributed by atoms with Crippen LogP contribution in [0, 0.1) is 0 Å². The standard InChI is InChI=1S/C22H24Cl2N2O4S/c23-18-6-5-17(13-19(18)24)30-20-4-2-1-3-16(20)14-31-15-21(27)26-11-9-25(10-12-26)8-7-22(28)29/h1-6,13H,7-12,14-15H2,(H,28,29). The molecule has 2 aromatic carbocycles. The molecule has 0 bridgehead atoms. The molecular formula is C22H24Cl2N2O4S. The second-order valence-electron chi connectivity index (χ2n) is 7.14. The van der Waals surface area contributed by atoms with Gasteiger partial charge in [0.15, 0.2) is 0 Å². The molecule has 9 heteroatoms. The van der Waals surface area contributed by atoms with Gasteiger partial charge < -0.3 is 14.7 Å². The van der Waals surface area contributed by atoms with Crippen LogP contribution in [0.25, 0.3) is 0 Å². The molecule has 2 aromatic rings. The largest absolute Gasteiger partial charge is 0.481 e. The number of carbonyl (C=O) groups is 2. The number of aliphatic carboxylic acids is 1. The van der Waals surface area contributed by atoms with E-state index < -0.39 is 5.97 Å². The number of carboxylic acids is 1. The normalized spacial score (nSPS) is 14.5. The number of hydrogen-bond acceptors (Lipinski definition) is 5. The molecule has 0 aromatic heterocycles. The molecule has 1 amide bonds. The second-order valence-corrected chi connectivity index (χ2v) is 8.94. The van der Waals surface area contributed by atoms with Crippen molar-refractivity contribution in [2.24, 2.45) is 0 Å². The first kappa shape index (κ1) is 23.7. The highest BCUT2D eigenvalue weighted by molar-refractivity contribution is 7.99. The Labute approximate surface area is 196 Å². The molecule has 1 heterocycles. The van der Waals surface area contributed by atoms with Crippen LogP contribution in [0.3, 0.4) is 0 Å². The van der Waals surface area contributed by atoms with Crippen molar-refractivity contribution in [3.8, 4) is 11.5 Å². The zero-order valence-electron chi connectivity index (χ0n) is 16.9. The summed E-state index contributed by atoms with van der Waals surface area (Å²) in [6.45, 7) is 3.22. The zero-order valence-corrected chi connectivity index (χ0v) is 19.3.